The van der Waals surface area contributed by atoms with Gasteiger partial charge in [-0.1, -0.05) is 37.6 Å². The van der Waals surface area contributed by atoms with E-state index in [1.807, 2.05) is 18.2 Å². The number of halogens is 1. The Morgan fingerprint density at radius 3 is 2.67 bits per heavy atom. The van der Waals surface area contributed by atoms with Crippen molar-refractivity contribution in [3.63, 3.8) is 0 Å². The second-order valence-corrected chi connectivity index (χ2v) is 4.67. The summed E-state index contributed by atoms with van der Waals surface area (Å²) in [7, 11) is 0. The smallest absolute Gasteiger partial charge is 0.0720 e. The number of hydrogen-bond acceptors (Lipinski definition) is 1. The molecule has 0 amide bonds. The Morgan fingerprint density at radius 1 is 1.20 bits per heavy atom. The fourth-order valence-electron chi connectivity index (χ4n) is 1.66. The quantitative estimate of drug-likeness (QED) is 0.742. The third-order valence-corrected chi connectivity index (χ3v) is 2.56. The van der Waals surface area contributed by atoms with Crippen LogP contribution in [0.3, 0.4) is 0 Å². The molecule has 0 radical (unpaired) electrons. The van der Waals surface area contributed by atoms with Gasteiger partial charge in [-0.3, -0.25) is 4.98 Å². The summed E-state index contributed by atoms with van der Waals surface area (Å²) in [6.07, 6.45) is 1.02. The van der Waals surface area contributed by atoms with E-state index >= 15 is 0 Å². The summed E-state index contributed by atoms with van der Waals surface area (Å²) in [5.74, 6) is 0.633. The van der Waals surface area contributed by atoms with Crippen molar-refractivity contribution in [3.05, 3.63) is 41.0 Å². The van der Waals surface area contributed by atoms with E-state index in [9.17, 15) is 0 Å². The second kappa shape index (κ2) is 4.19. The first-order valence-electron chi connectivity index (χ1n) is 5.20. The molecule has 2 rings (SSSR count). The molecule has 0 aliphatic rings. The van der Waals surface area contributed by atoms with E-state index in [0.29, 0.717) is 5.92 Å². The van der Waals surface area contributed by atoms with Gasteiger partial charge in [-0.05, 0) is 30.5 Å². The molecular formula is C13H14ClN. The fourth-order valence-corrected chi connectivity index (χ4v) is 1.83. The maximum Gasteiger partial charge on any atom is 0.0720 e. The zero-order valence-corrected chi connectivity index (χ0v) is 9.75. The Bertz CT molecular complexity index is 477. The zero-order valence-electron chi connectivity index (χ0n) is 9.00. The highest BCUT2D eigenvalue weighted by Gasteiger charge is 2.01. The first kappa shape index (κ1) is 10.4. The minimum atomic E-state index is 0.633. The SMILES string of the molecule is CC(C)Cc1ccc2ccc(Cl)cc2n1. The van der Waals surface area contributed by atoms with Crippen molar-refractivity contribution in [3.8, 4) is 0 Å². The molecule has 0 fully saturated rings. The van der Waals surface area contributed by atoms with Crippen LogP contribution in [0.15, 0.2) is 30.3 Å². The maximum absolute atomic E-state index is 5.94. The summed E-state index contributed by atoms with van der Waals surface area (Å²) in [6.45, 7) is 4.40. The van der Waals surface area contributed by atoms with E-state index < -0.39 is 0 Å². The van der Waals surface area contributed by atoms with Crippen LogP contribution in [0.1, 0.15) is 19.5 Å². The topological polar surface area (TPSA) is 12.9 Å². The Kier molecular flexibility index (Phi) is 2.92. The van der Waals surface area contributed by atoms with Crippen molar-refractivity contribution < 1.29 is 0 Å². The Labute approximate surface area is 95.1 Å². The molecule has 1 aromatic heterocycles. The zero-order chi connectivity index (χ0) is 10.8. The summed E-state index contributed by atoms with van der Waals surface area (Å²) in [5.41, 5.74) is 2.13. The average molecular weight is 220 g/mol. The highest BCUT2D eigenvalue weighted by atomic mass is 35.5. The molecule has 0 aliphatic carbocycles. The van der Waals surface area contributed by atoms with Crippen LogP contribution in [0.2, 0.25) is 5.02 Å². The molecule has 0 unspecified atom stereocenters. The van der Waals surface area contributed by atoms with Gasteiger partial charge in [-0.15, -0.1) is 0 Å². The molecule has 0 spiro atoms. The van der Waals surface area contributed by atoms with Crippen molar-refractivity contribution in [2.45, 2.75) is 20.3 Å². The summed E-state index contributed by atoms with van der Waals surface area (Å²) >= 11 is 5.94. The first-order chi connectivity index (χ1) is 7.15. The minimum absolute atomic E-state index is 0.633. The van der Waals surface area contributed by atoms with E-state index in [1.165, 1.54) is 0 Å². The van der Waals surface area contributed by atoms with Gasteiger partial charge in [0.1, 0.15) is 0 Å². The first-order valence-corrected chi connectivity index (χ1v) is 5.58. The van der Waals surface area contributed by atoms with Crippen LogP contribution in [-0.4, -0.2) is 4.98 Å². The Hall–Kier alpha value is -1.08. The predicted molar refractivity (Wildman–Crippen MR) is 65.3 cm³/mol. The highest BCUT2D eigenvalue weighted by molar-refractivity contribution is 6.31. The van der Waals surface area contributed by atoms with E-state index in [-0.39, 0.29) is 0 Å². The van der Waals surface area contributed by atoms with Gasteiger partial charge < -0.3 is 0 Å². The largest absolute Gasteiger partial charge is 0.253 e. The normalized spacial score (nSPS) is 11.2. The average Bonchev–Trinajstić information content (AvgIpc) is 2.16. The van der Waals surface area contributed by atoms with Crippen LogP contribution in [0.5, 0.6) is 0 Å². The Morgan fingerprint density at radius 2 is 1.93 bits per heavy atom. The third-order valence-electron chi connectivity index (χ3n) is 2.33. The molecule has 0 saturated carbocycles. The predicted octanol–water partition coefficient (Wildman–Crippen LogP) is 4.09. The van der Waals surface area contributed by atoms with Crippen molar-refractivity contribution in [1.82, 2.24) is 4.98 Å². The van der Waals surface area contributed by atoms with Gasteiger partial charge in [0.05, 0.1) is 5.52 Å². The monoisotopic (exact) mass is 219 g/mol. The number of fused-ring (bicyclic) bond motifs is 1. The molecule has 0 aliphatic heterocycles. The molecule has 2 heteroatoms. The van der Waals surface area contributed by atoms with Crippen LogP contribution in [0.4, 0.5) is 0 Å². The number of pyridine rings is 1. The molecule has 0 N–H and O–H groups in total. The number of benzene rings is 1. The Balaban J connectivity index is 2.45. The number of aromatic nitrogens is 1. The van der Waals surface area contributed by atoms with Gasteiger partial charge >= 0.3 is 0 Å². The fraction of sp³-hybridized carbons (Fsp3) is 0.308. The van der Waals surface area contributed by atoms with E-state index in [4.69, 9.17) is 11.6 Å². The minimum Gasteiger partial charge on any atom is -0.253 e. The van der Waals surface area contributed by atoms with Gasteiger partial charge in [0.2, 0.25) is 0 Å². The summed E-state index contributed by atoms with van der Waals surface area (Å²) in [5, 5.41) is 1.89. The van der Waals surface area contributed by atoms with Crippen LogP contribution in [-0.2, 0) is 6.42 Å². The lowest BCUT2D eigenvalue weighted by Gasteiger charge is -2.05. The van der Waals surface area contributed by atoms with Crippen molar-refractivity contribution in [1.29, 1.82) is 0 Å². The maximum atomic E-state index is 5.94. The summed E-state index contributed by atoms with van der Waals surface area (Å²) in [6, 6.07) is 10.0. The van der Waals surface area contributed by atoms with Crippen LogP contribution in [0.25, 0.3) is 10.9 Å². The van der Waals surface area contributed by atoms with Crippen molar-refractivity contribution in [2.75, 3.05) is 0 Å². The van der Waals surface area contributed by atoms with Crippen LogP contribution in [0, 0.1) is 5.92 Å². The number of nitrogens with zero attached hydrogens (tertiary/aromatic N) is 1. The van der Waals surface area contributed by atoms with Crippen molar-refractivity contribution >= 4 is 22.5 Å². The van der Waals surface area contributed by atoms with E-state index in [2.05, 4.69) is 31.0 Å². The highest BCUT2D eigenvalue weighted by Crippen LogP contribution is 2.18. The lowest BCUT2D eigenvalue weighted by atomic mass is 10.1. The number of hydrogen-bond donors (Lipinski definition) is 0. The molecular weight excluding hydrogens is 206 g/mol. The van der Waals surface area contributed by atoms with Crippen molar-refractivity contribution in [2.24, 2.45) is 5.92 Å². The van der Waals surface area contributed by atoms with Gasteiger partial charge in [0, 0.05) is 16.1 Å². The van der Waals surface area contributed by atoms with Crippen LogP contribution >= 0.6 is 11.6 Å². The lowest BCUT2D eigenvalue weighted by Crippen LogP contribution is -1.96. The van der Waals surface area contributed by atoms with Crippen LogP contribution < -0.4 is 0 Å². The van der Waals surface area contributed by atoms with E-state index in [0.717, 1.165) is 28.0 Å². The summed E-state index contributed by atoms with van der Waals surface area (Å²) < 4.78 is 0. The molecule has 0 bridgehead atoms. The molecule has 1 heterocycles. The van der Waals surface area contributed by atoms with Gasteiger partial charge in [0.25, 0.3) is 0 Å². The van der Waals surface area contributed by atoms with Gasteiger partial charge in [-0.2, -0.15) is 0 Å². The van der Waals surface area contributed by atoms with E-state index in [1.54, 1.807) is 0 Å². The second-order valence-electron chi connectivity index (χ2n) is 4.24. The van der Waals surface area contributed by atoms with Gasteiger partial charge in [0.15, 0.2) is 0 Å². The lowest BCUT2D eigenvalue weighted by molar-refractivity contribution is 0.637. The third kappa shape index (κ3) is 2.48. The molecule has 1 nitrogen and oxygen atoms in total. The van der Waals surface area contributed by atoms with Gasteiger partial charge in [-0.25, -0.2) is 0 Å². The molecule has 0 atom stereocenters. The molecule has 1 aromatic carbocycles. The molecule has 0 saturated heterocycles. The number of rotatable bonds is 2. The molecule has 2 aromatic rings. The summed E-state index contributed by atoms with van der Waals surface area (Å²) in [4.78, 5) is 4.59. The standard InChI is InChI=1S/C13H14ClN/c1-9(2)7-12-6-4-10-3-5-11(14)8-13(10)15-12/h3-6,8-9H,7H2,1-2H3. The molecule has 15 heavy (non-hydrogen) atoms. The molecule has 78 valence electrons.